The van der Waals surface area contributed by atoms with Gasteiger partial charge in [0.1, 0.15) is 0 Å². The largest absolute Gasteiger partial charge is 0.376 e. The highest BCUT2D eigenvalue weighted by Crippen LogP contribution is 2.16. The third kappa shape index (κ3) is 1.95. The molecule has 1 aliphatic heterocycles. The van der Waals surface area contributed by atoms with Crippen LogP contribution in [0.15, 0.2) is 0 Å². The maximum absolute atomic E-state index is 5.51. The Morgan fingerprint density at radius 2 is 2.62 bits per heavy atom. The van der Waals surface area contributed by atoms with Crippen LogP contribution in [0.25, 0.3) is 0 Å². The number of hydrogen-bond donors (Lipinski definition) is 2. The Hall–Kier alpha value is -1.17. The van der Waals surface area contributed by atoms with E-state index in [1.807, 2.05) is 0 Å². The van der Waals surface area contributed by atoms with E-state index in [4.69, 9.17) is 4.74 Å². The SMILES string of the molecule is CC(Nc1nn[nH]n1)C1CCCO1. The molecule has 1 fully saturated rings. The summed E-state index contributed by atoms with van der Waals surface area (Å²) in [5.41, 5.74) is 0. The van der Waals surface area contributed by atoms with E-state index in [0.717, 1.165) is 19.4 Å². The minimum absolute atomic E-state index is 0.236. The van der Waals surface area contributed by atoms with Gasteiger partial charge in [-0.15, -0.1) is 5.10 Å². The summed E-state index contributed by atoms with van der Waals surface area (Å²) in [5, 5.41) is 16.6. The van der Waals surface area contributed by atoms with E-state index in [9.17, 15) is 0 Å². The molecule has 0 amide bonds. The molecule has 1 saturated heterocycles. The Morgan fingerprint density at radius 1 is 1.69 bits per heavy atom. The predicted molar refractivity (Wildman–Crippen MR) is 46.2 cm³/mol. The van der Waals surface area contributed by atoms with Gasteiger partial charge in [0.15, 0.2) is 0 Å². The third-order valence-electron chi connectivity index (χ3n) is 2.22. The number of aromatic amines is 1. The maximum Gasteiger partial charge on any atom is 0.263 e. The molecule has 2 N–H and O–H groups in total. The lowest BCUT2D eigenvalue weighted by atomic mass is 10.1. The molecule has 1 aliphatic rings. The van der Waals surface area contributed by atoms with Crippen molar-refractivity contribution in [1.82, 2.24) is 20.6 Å². The molecular weight excluding hydrogens is 170 g/mol. The summed E-state index contributed by atoms with van der Waals surface area (Å²) in [6, 6.07) is 0.236. The molecule has 1 aromatic heterocycles. The van der Waals surface area contributed by atoms with Gasteiger partial charge in [0.2, 0.25) is 0 Å². The number of rotatable bonds is 3. The average molecular weight is 183 g/mol. The number of nitrogens with one attached hydrogen (secondary N) is 2. The monoisotopic (exact) mass is 183 g/mol. The summed E-state index contributed by atoms with van der Waals surface area (Å²) in [4.78, 5) is 0. The van der Waals surface area contributed by atoms with Gasteiger partial charge in [-0.25, -0.2) is 0 Å². The summed E-state index contributed by atoms with van der Waals surface area (Å²) in [6.07, 6.45) is 2.52. The van der Waals surface area contributed by atoms with E-state index >= 15 is 0 Å². The van der Waals surface area contributed by atoms with E-state index in [0.29, 0.717) is 5.95 Å². The normalized spacial score (nSPS) is 24.5. The molecular formula is C7H13N5O. The summed E-state index contributed by atoms with van der Waals surface area (Å²) in [7, 11) is 0. The van der Waals surface area contributed by atoms with Crippen LogP contribution in [-0.2, 0) is 4.74 Å². The summed E-state index contributed by atoms with van der Waals surface area (Å²) in [5.74, 6) is 0.531. The molecule has 0 aliphatic carbocycles. The maximum atomic E-state index is 5.51. The number of ether oxygens (including phenoxy) is 1. The number of H-pyrrole nitrogens is 1. The van der Waals surface area contributed by atoms with Crippen LogP contribution in [0.3, 0.4) is 0 Å². The molecule has 2 unspecified atom stereocenters. The van der Waals surface area contributed by atoms with Crippen LogP contribution in [0.5, 0.6) is 0 Å². The van der Waals surface area contributed by atoms with E-state index < -0.39 is 0 Å². The molecule has 0 bridgehead atoms. The minimum Gasteiger partial charge on any atom is -0.376 e. The molecule has 13 heavy (non-hydrogen) atoms. The van der Waals surface area contributed by atoms with E-state index in [2.05, 4.69) is 32.9 Å². The zero-order valence-corrected chi connectivity index (χ0v) is 7.53. The number of nitrogens with zero attached hydrogens (tertiary/aromatic N) is 3. The fraction of sp³-hybridized carbons (Fsp3) is 0.857. The fourth-order valence-electron chi connectivity index (χ4n) is 1.52. The van der Waals surface area contributed by atoms with Gasteiger partial charge in [-0.3, -0.25) is 0 Å². The number of anilines is 1. The Bertz CT molecular complexity index is 243. The Kier molecular flexibility index (Phi) is 2.40. The van der Waals surface area contributed by atoms with Crippen LogP contribution in [0, 0.1) is 0 Å². The van der Waals surface area contributed by atoms with Crippen LogP contribution in [0.2, 0.25) is 0 Å². The van der Waals surface area contributed by atoms with E-state index in [1.54, 1.807) is 0 Å². The van der Waals surface area contributed by atoms with E-state index in [1.165, 1.54) is 0 Å². The number of tetrazole rings is 1. The second kappa shape index (κ2) is 3.69. The Morgan fingerprint density at radius 3 is 3.23 bits per heavy atom. The Labute approximate surface area is 76.1 Å². The van der Waals surface area contributed by atoms with Crippen LogP contribution in [-0.4, -0.2) is 39.4 Å². The van der Waals surface area contributed by atoms with Crippen molar-refractivity contribution in [3.05, 3.63) is 0 Å². The average Bonchev–Trinajstić information content (AvgIpc) is 2.74. The molecule has 72 valence electrons. The van der Waals surface area contributed by atoms with E-state index in [-0.39, 0.29) is 12.1 Å². The zero-order chi connectivity index (χ0) is 9.10. The lowest BCUT2D eigenvalue weighted by molar-refractivity contribution is 0.0994. The van der Waals surface area contributed by atoms with Gasteiger partial charge in [0.05, 0.1) is 12.1 Å². The second-order valence-electron chi connectivity index (χ2n) is 3.22. The molecule has 2 heterocycles. The first-order chi connectivity index (χ1) is 6.36. The van der Waals surface area contributed by atoms with Crippen LogP contribution in [0.4, 0.5) is 5.95 Å². The molecule has 6 heteroatoms. The lowest BCUT2D eigenvalue weighted by Gasteiger charge is -2.18. The van der Waals surface area contributed by atoms with Crippen LogP contribution < -0.4 is 5.32 Å². The van der Waals surface area contributed by atoms with Gasteiger partial charge in [-0.05, 0) is 25.0 Å². The van der Waals surface area contributed by atoms with Crippen molar-refractivity contribution in [2.75, 3.05) is 11.9 Å². The first-order valence-electron chi connectivity index (χ1n) is 4.48. The van der Waals surface area contributed by atoms with Gasteiger partial charge >= 0.3 is 0 Å². The molecule has 2 atom stereocenters. The first-order valence-corrected chi connectivity index (χ1v) is 4.48. The summed E-state index contributed by atoms with van der Waals surface area (Å²) >= 11 is 0. The quantitative estimate of drug-likeness (QED) is 0.699. The molecule has 1 aromatic rings. The highest BCUT2D eigenvalue weighted by Gasteiger charge is 2.22. The van der Waals surface area contributed by atoms with Crippen molar-refractivity contribution >= 4 is 5.95 Å². The molecule has 0 spiro atoms. The molecule has 0 aromatic carbocycles. The van der Waals surface area contributed by atoms with Crippen molar-refractivity contribution in [3.8, 4) is 0 Å². The van der Waals surface area contributed by atoms with Gasteiger partial charge in [-0.2, -0.15) is 5.21 Å². The van der Waals surface area contributed by atoms with Gasteiger partial charge in [0.25, 0.3) is 5.95 Å². The smallest absolute Gasteiger partial charge is 0.263 e. The first kappa shape index (κ1) is 8.43. The Balaban J connectivity index is 1.87. The van der Waals surface area contributed by atoms with Crippen molar-refractivity contribution in [1.29, 1.82) is 0 Å². The van der Waals surface area contributed by atoms with Crippen LogP contribution >= 0.6 is 0 Å². The van der Waals surface area contributed by atoms with Crippen molar-refractivity contribution in [2.45, 2.75) is 31.9 Å². The van der Waals surface area contributed by atoms with Crippen molar-refractivity contribution in [2.24, 2.45) is 0 Å². The van der Waals surface area contributed by atoms with Gasteiger partial charge in [-0.1, -0.05) is 5.10 Å². The van der Waals surface area contributed by atoms with Crippen molar-refractivity contribution < 1.29 is 4.74 Å². The molecule has 0 radical (unpaired) electrons. The van der Waals surface area contributed by atoms with Crippen molar-refractivity contribution in [3.63, 3.8) is 0 Å². The van der Waals surface area contributed by atoms with Gasteiger partial charge < -0.3 is 10.1 Å². The lowest BCUT2D eigenvalue weighted by Crippen LogP contribution is -2.30. The summed E-state index contributed by atoms with van der Waals surface area (Å²) < 4.78 is 5.51. The molecule has 6 nitrogen and oxygen atoms in total. The third-order valence-corrected chi connectivity index (χ3v) is 2.22. The number of aromatic nitrogens is 4. The van der Waals surface area contributed by atoms with Gasteiger partial charge in [0, 0.05) is 6.61 Å². The topological polar surface area (TPSA) is 75.7 Å². The molecule has 2 rings (SSSR count). The molecule has 0 saturated carbocycles. The fourth-order valence-corrected chi connectivity index (χ4v) is 1.52. The highest BCUT2D eigenvalue weighted by molar-refractivity contribution is 5.21. The minimum atomic E-state index is 0.236. The summed E-state index contributed by atoms with van der Waals surface area (Å²) in [6.45, 7) is 2.93. The van der Waals surface area contributed by atoms with Crippen LogP contribution in [0.1, 0.15) is 19.8 Å². The second-order valence-corrected chi connectivity index (χ2v) is 3.22. The highest BCUT2D eigenvalue weighted by atomic mass is 16.5. The predicted octanol–water partition coefficient (Wildman–Crippen LogP) is 0.179. The number of hydrogen-bond acceptors (Lipinski definition) is 5. The standard InChI is InChI=1S/C7H13N5O/c1-5(6-3-2-4-13-6)8-7-9-11-12-10-7/h5-6H,2-4H2,1H3,(H2,8,9,10,11,12). The zero-order valence-electron chi connectivity index (χ0n) is 7.53.